The summed E-state index contributed by atoms with van der Waals surface area (Å²) in [5, 5.41) is 3.74. The molecule has 106 valence electrons. The van der Waals surface area contributed by atoms with Crippen LogP contribution in [0.4, 0.5) is 0 Å². The summed E-state index contributed by atoms with van der Waals surface area (Å²) in [6.45, 7) is 10.1. The van der Waals surface area contributed by atoms with E-state index in [1.165, 1.54) is 40.4 Å². The number of benzene rings is 1. The maximum Gasteiger partial charge on any atom is 0.0353 e. The van der Waals surface area contributed by atoms with Crippen molar-refractivity contribution in [1.82, 2.24) is 5.32 Å². The van der Waals surface area contributed by atoms with Crippen LogP contribution in [0.3, 0.4) is 0 Å². The standard InChI is InChI=1S/C17H26BrN/c1-5-19-17(14-8-6-7-11(14)2)15-9-13(4)16(18)10-12(15)3/h9-11,14,17,19H,5-8H2,1-4H3. The molecular formula is C17H26BrN. The van der Waals surface area contributed by atoms with E-state index in [0.717, 1.165) is 18.4 Å². The van der Waals surface area contributed by atoms with Gasteiger partial charge in [-0.2, -0.15) is 0 Å². The van der Waals surface area contributed by atoms with Gasteiger partial charge in [-0.15, -0.1) is 0 Å². The normalized spacial score (nSPS) is 24.7. The molecule has 0 radical (unpaired) electrons. The second kappa shape index (κ2) is 6.41. The van der Waals surface area contributed by atoms with Gasteiger partial charge in [0.15, 0.2) is 0 Å². The van der Waals surface area contributed by atoms with Crippen LogP contribution in [-0.2, 0) is 0 Å². The number of rotatable bonds is 4. The third-order valence-corrected chi connectivity index (χ3v) is 5.52. The lowest BCUT2D eigenvalue weighted by atomic mass is 9.83. The Bertz CT molecular complexity index is 441. The lowest BCUT2D eigenvalue weighted by Crippen LogP contribution is -2.30. The van der Waals surface area contributed by atoms with Gasteiger partial charge >= 0.3 is 0 Å². The maximum atomic E-state index is 3.74. The molecule has 1 aromatic rings. The molecule has 19 heavy (non-hydrogen) atoms. The number of nitrogens with one attached hydrogen (secondary N) is 1. The summed E-state index contributed by atoms with van der Waals surface area (Å²) in [5.74, 6) is 1.63. The van der Waals surface area contributed by atoms with Crippen molar-refractivity contribution in [1.29, 1.82) is 0 Å². The van der Waals surface area contributed by atoms with E-state index in [9.17, 15) is 0 Å². The van der Waals surface area contributed by atoms with E-state index < -0.39 is 0 Å². The maximum absolute atomic E-state index is 3.74. The van der Waals surface area contributed by atoms with Crippen LogP contribution in [-0.4, -0.2) is 6.54 Å². The summed E-state index contributed by atoms with van der Waals surface area (Å²) in [7, 11) is 0. The monoisotopic (exact) mass is 323 g/mol. The molecule has 1 aromatic carbocycles. The average molecular weight is 324 g/mol. The molecule has 0 aromatic heterocycles. The molecule has 1 aliphatic carbocycles. The largest absolute Gasteiger partial charge is 0.310 e. The fraction of sp³-hybridized carbons (Fsp3) is 0.647. The van der Waals surface area contributed by atoms with E-state index in [-0.39, 0.29) is 0 Å². The molecule has 3 unspecified atom stereocenters. The molecule has 1 saturated carbocycles. The first-order valence-corrected chi connectivity index (χ1v) is 8.34. The molecule has 2 heteroatoms. The van der Waals surface area contributed by atoms with E-state index in [1.54, 1.807) is 0 Å². The van der Waals surface area contributed by atoms with Crippen LogP contribution >= 0.6 is 15.9 Å². The second-order valence-corrected chi connectivity index (χ2v) is 6.92. The smallest absolute Gasteiger partial charge is 0.0353 e. The summed E-state index contributed by atoms with van der Waals surface area (Å²) in [5.41, 5.74) is 4.25. The van der Waals surface area contributed by atoms with Crippen LogP contribution in [0.15, 0.2) is 16.6 Å². The fourth-order valence-corrected chi connectivity index (χ4v) is 3.98. The van der Waals surface area contributed by atoms with Crippen molar-refractivity contribution in [3.63, 3.8) is 0 Å². The third kappa shape index (κ3) is 3.22. The molecule has 1 N–H and O–H groups in total. The first-order valence-electron chi connectivity index (χ1n) is 7.54. The Morgan fingerprint density at radius 3 is 2.58 bits per heavy atom. The highest BCUT2D eigenvalue weighted by atomic mass is 79.9. The summed E-state index contributed by atoms with van der Waals surface area (Å²) < 4.78 is 1.23. The zero-order valence-electron chi connectivity index (χ0n) is 12.6. The summed E-state index contributed by atoms with van der Waals surface area (Å²) in [4.78, 5) is 0. The minimum Gasteiger partial charge on any atom is -0.310 e. The molecule has 1 fully saturated rings. The van der Waals surface area contributed by atoms with Crippen LogP contribution in [0, 0.1) is 25.7 Å². The fourth-order valence-electron chi connectivity index (χ4n) is 3.52. The molecule has 0 heterocycles. The van der Waals surface area contributed by atoms with Gasteiger partial charge in [-0.25, -0.2) is 0 Å². The van der Waals surface area contributed by atoms with Gasteiger partial charge in [-0.3, -0.25) is 0 Å². The molecule has 0 saturated heterocycles. The molecule has 3 atom stereocenters. The first-order chi connectivity index (χ1) is 9.04. The minimum atomic E-state index is 0.523. The SMILES string of the molecule is CCNC(c1cc(C)c(Br)cc1C)C1CCCC1C. The van der Waals surface area contributed by atoms with Crippen LogP contribution in [0.2, 0.25) is 0 Å². The number of aryl methyl sites for hydroxylation is 2. The Labute approximate surface area is 126 Å². The van der Waals surface area contributed by atoms with Crippen molar-refractivity contribution in [3.05, 3.63) is 33.3 Å². The molecule has 0 amide bonds. The number of hydrogen-bond acceptors (Lipinski definition) is 1. The Kier molecular flexibility index (Phi) is 5.08. The predicted molar refractivity (Wildman–Crippen MR) is 86.5 cm³/mol. The van der Waals surface area contributed by atoms with Gasteiger partial charge in [0, 0.05) is 10.5 Å². The van der Waals surface area contributed by atoms with Crippen molar-refractivity contribution >= 4 is 15.9 Å². The Morgan fingerprint density at radius 2 is 2.00 bits per heavy atom. The van der Waals surface area contributed by atoms with Gasteiger partial charge in [0.2, 0.25) is 0 Å². The van der Waals surface area contributed by atoms with Crippen molar-refractivity contribution in [3.8, 4) is 0 Å². The zero-order valence-corrected chi connectivity index (χ0v) is 14.2. The quantitative estimate of drug-likeness (QED) is 0.807. The topological polar surface area (TPSA) is 12.0 Å². The van der Waals surface area contributed by atoms with E-state index in [0.29, 0.717) is 6.04 Å². The van der Waals surface area contributed by atoms with Crippen LogP contribution in [0.5, 0.6) is 0 Å². The molecule has 1 aliphatic rings. The first kappa shape index (κ1) is 15.1. The highest BCUT2D eigenvalue weighted by molar-refractivity contribution is 9.10. The van der Waals surface area contributed by atoms with Crippen molar-refractivity contribution < 1.29 is 0 Å². The summed E-state index contributed by atoms with van der Waals surface area (Å²) in [6.07, 6.45) is 4.15. The Balaban J connectivity index is 2.35. The van der Waals surface area contributed by atoms with Crippen molar-refractivity contribution in [2.24, 2.45) is 11.8 Å². The van der Waals surface area contributed by atoms with Gasteiger partial charge < -0.3 is 5.32 Å². The van der Waals surface area contributed by atoms with Gasteiger partial charge in [0.05, 0.1) is 0 Å². The number of halogens is 1. The molecule has 1 nitrogen and oxygen atoms in total. The Hall–Kier alpha value is -0.340. The van der Waals surface area contributed by atoms with Crippen LogP contribution < -0.4 is 5.32 Å². The number of hydrogen-bond donors (Lipinski definition) is 1. The van der Waals surface area contributed by atoms with Crippen LogP contribution in [0.25, 0.3) is 0 Å². The lowest BCUT2D eigenvalue weighted by molar-refractivity contribution is 0.305. The van der Waals surface area contributed by atoms with Gasteiger partial charge in [0.25, 0.3) is 0 Å². The molecule has 0 spiro atoms. The lowest BCUT2D eigenvalue weighted by Gasteiger charge is -2.30. The molecule has 0 aliphatic heterocycles. The van der Waals surface area contributed by atoms with E-state index in [1.807, 2.05) is 0 Å². The second-order valence-electron chi connectivity index (χ2n) is 6.07. The van der Waals surface area contributed by atoms with E-state index in [2.05, 4.69) is 61.1 Å². The van der Waals surface area contributed by atoms with E-state index in [4.69, 9.17) is 0 Å². The van der Waals surface area contributed by atoms with Gasteiger partial charge in [-0.1, -0.05) is 48.7 Å². The molecule has 2 rings (SSSR count). The average Bonchev–Trinajstić information content (AvgIpc) is 2.77. The highest BCUT2D eigenvalue weighted by Gasteiger charge is 2.32. The zero-order chi connectivity index (χ0) is 14.0. The van der Waals surface area contributed by atoms with Crippen molar-refractivity contribution in [2.45, 2.75) is 53.0 Å². The summed E-state index contributed by atoms with van der Waals surface area (Å²) in [6, 6.07) is 5.17. The molecule has 0 bridgehead atoms. The highest BCUT2D eigenvalue weighted by Crippen LogP contribution is 2.41. The van der Waals surface area contributed by atoms with E-state index >= 15 is 0 Å². The summed E-state index contributed by atoms with van der Waals surface area (Å²) >= 11 is 3.64. The van der Waals surface area contributed by atoms with Crippen LogP contribution in [0.1, 0.15) is 55.8 Å². The van der Waals surface area contributed by atoms with Gasteiger partial charge in [0.1, 0.15) is 0 Å². The molecular weight excluding hydrogens is 298 g/mol. The van der Waals surface area contributed by atoms with Gasteiger partial charge in [-0.05, 0) is 61.4 Å². The predicted octanol–water partition coefficient (Wildman–Crippen LogP) is 5.15. The Morgan fingerprint density at radius 1 is 1.26 bits per heavy atom. The minimum absolute atomic E-state index is 0.523. The van der Waals surface area contributed by atoms with Crippen molar-refractivity contribution in [2.75, 3.05) is 6.54 Å². The third-order valence-electron chi connectivity index (χ3n) is 4.66.